The molecule has 0 unspecified atom stereocenters. The topological polar surface area (TPSA) is 57.6 Å². The maximum atomic E-state index is 13.5. The minimum atomic E-state index is -1.91. The third kappa shape index (κ3) is 3.48. The van der Waals surface area contributed by atoms with Gasteiger partial charge in [0.2, 0.25) is 0 Å². The highest BCUT2D eigenvalue weighted by Crippen LogP contribution is 2.46. The Labute approximate surface area is 184 Å². The lowest BCUT2D eigenvalue weighted by molar-refractivity contribution is -0.139. The van der Waals surface area contributed by atoms with Crippen molar-refractivity contribution in [2.75, 3.05) is 11.4 Å². The zero-order valence-electron chi connectivity index (χ0n) is 16.6. The number of Topliss-reactive ketones (excluding diaryl/α,β-unsaturated/α-hetero) is 1. The molecule has 1 amide bonds. The van der Waals surface area contributed by atoms with Gasteiger partial charge in [-0.15, -0.1) is 0 Å². The fourth-order valence-corrected chi connectivity index (χ4v) is 4.41. The van der Waals surface area contributed by atoms with Gasteiger partial charge in [0.15, 0.2) is 11.4 Å². The van der Waals surface area contributed by atoms with E-state index in [9.17, 15) is 14.7 Å². The Hall–Kier alpha value is -2.76. The van der Waals surface area contributed by atoms with Gasteiger partial charge in [-0.2, -0.15) is 0 Å². The molecule has 3 aromatic rings. The van der Waals surface area contributed by atoms with Gasteiger partial charge in [-0.25, -0.2) is 0 Å². The summed E-state index contributed by atoms with van der Waals surface area (Å²) < 4.78 is 0.747. The minimum Gasteiger partial charge on any atom is -0.375 e. The Balaban J connectivity index is 1.70. The summed E-state index contributed by atoms with van der Waals surface area (Å²) in [5.74, 6) is -1.65. The van der Waals surface area contributed by atoms with Crippen LogP contribution in [-0.2, 0) is 16.8 Å². The molecule has 5 heteroatoms. The van der Waals surface area contributed by atoms with Crippen molar-refractivity contribution in [2.24, 2.45) is 5.92 Å². The number of hydrogen-bond acceptors (Lipinski definition) is 3. The van der Waals surface area contributed by atoms with Gasteiger partial charge in [0.05, 0.1) is 11.6 Å². The first-order valence-electron chi connectivity index (χ1n) is 9.90. The van der Waals surface area contributed by atoms with Crippen LogP contribution in [0.4, 0.5) is 5.69 Å². The van der Waals surface area contributed by atoms with Crippen LogP contribution in [-0.4, -0.2) is 23.3 Å². The van der Waals surface area contributed by atoms with Crippen LogP contribution in [0.15, 0.2) is 83.3 Å². The maximum absolute atomic E-state index is 13.5. The van der Waals surface area contributed by atoms with E-state index in [2.05, 4.69) is 15.9 Å². The van der Waals surface area contributed by atoms with Crippen molar-refractivity contribution in [1.82, 2.24) is 0 Å². The molecule has 0 fully saturated rings. The van der Waals surface area contributed by atoms with Crippen LogP contribution in [0.5, 0.6) is 0 Å². The number of rotatable bonds is 6. The monoisotopic (exact) mass is 463 g/mol. The van der Waals surface area contributed by atoms with Crippen LogP contribution in [0.3, 0.4) is 0 Å². The molecule has 1 aliphatic rings. The van der Waals surface area contributed by atoms with Crippen LogP contribution in [0, 0.1) is 5.92 Å². The molecule has 2 atom stereocenters. The lowest BCUT2D eigenvalue weighted by Crippen LogP contribution is -2.47. The van der Waals surface area contributed by atoms with Gasteiger partial charge in [-0.3, -0.25) is 9.59 Å². The number of amides is 1. The van der Waals surface area contributed by atoms with Crippen molar-refractivity contribution in [1.29, 1.82) is 0 Å². The quantitative estimate of drug-likeness (QED) is 0.536. The number of fused-ring (bicyclic) bond motifs is 1. The number of nitrogens with zero attached hydrogens (tertiary/aromatic N) is 1. The molecular formula is C25H22BrNO3. The van der Waals surface area contributed by atoms with Crippen molar-refractivity contribution in [2.45, 2.75) is 18.9 Å². The van der Waals surface area contributed by atoms with E-state index < -0.39 is 17.4 Å². The number of hydrogen-bond donors (Lipinski definition) is 1. The second-order valence-corrected chi connectivity index (χ2v) is 8.49. The van der Waals surface area contributed by atoms with Gasteiger partial charge >= 0.3 is 0 Å². The molecule has 0 aromatic heterocycles. The zero-order valence-corrected chi connectivity index (χ0v) is 18.2. The van der Waals surface area contributed by atoms with Crippen molar-refractivity contribution in [3.05, 3.63) is 100 Å². The fraction of sp³-hybridized carbons (Fsp3) is 0.200. The van der Waals surface area contributed by atoms with E-state index in [4.69, 9.17) is 0 Å². The van der Waals surface area contributed by atoms with Crippen molar-refractivity contribution < 1.29 is 14.7 Å². The van der Waals surface area contributed by atoms with Crippen molar-refractivity contribution in [3.63, 3.8) is 0 Å². The molecule has 4 nitrogen and oxygen atoms in total. The van der Waals surface area contributed by atoms with Gasteiger partial charge in [0, 0.05) is 22.1 Å². The molecule has 3 aromatic carbocycles. The number of ketones is 1. The molecule has 30 heavy (non-hydrogen) atoms. The number of carbonyl (C=O) groups is 2. The molecule has 0 saturated heterocycles. The highest BCUT2D eigenvalue weighted by atomic mass is 79.9. The molecule has 1 aliphatic heterocycles. The van der Waals surface area contributed by atoms with Crippen LogP contribution in [0.1, 0.15) is 28.4 Å². The van der Waals surface area contributed by atoms with E-state index in [1.807, 2.05) is 48.5 Å². The summed E-state index contributed by atoms with van der Waals surface area (Å²) in [6.45, 7) is 2.05. The predicted molar refractivity (Wildman–Crippen MR) is 120 cm³/mol. The van der Waals surface area contributed by atoms with Crippen molar-refractivity contribution >= 4 is 33.3 Å². The van der Waals surface area contributed by atoms with Gasteiger partial charge in [-0.1, -0.05) is 83.5 Å². The Morgan fingerprint density at radius 1 is 1.03 bits per heavy atom. The zero-order chi connectivity index (χ0) is 21.3. The third-order valence-corrected chi connectivity index (χ3v) is 6.27. The summed E-state index contributed by atoms with van der Waals surface area (Å²) in [5.41, 5.74) is 0.780. The fourth-order valence-electron chi connectivity index (χ4n) is 4.05. The summed E-state index contributed by atoms with van der Waals surface area (Å²) in [4.78, 5) is 28.2. The molecular weight excluding hydrogens is 442 g/mol. The Morgan fingerprint density at radius 3 is 2.33 bits per heavy atom. The van der Waals surface area contributed by atoms with Gasteiger partial charge in [0.1, 0.15) is 0 Å². The van der Waals surface area contributed by atoms with Crippen LogP contribution >= 0.6 is 15.9 Å². The second-order valence-electron chi connectivity index (χ2n) is 7.57. The number of halogens is 1. The van der Waals surface area contributed by atoms with Crippen LogP contribution in [0.2, 0.25) is 0 Å². The Kier molecular flexibility index (Phi) is 5.58. The summed E-state index contributed by atoms with van der Waals surface area (Å²) >= 11 is 3.44. The molecule has 4 rings (SSSR count). The van der Waals surface area contributed by atoms with E-state index in [1.165, 1.54) is 0 Å². The predicted octanol–water partition coefficient (Wildman–Crippen LogP) is 4.75. The SMILES string of the molecule is C[C@H](C(=O)c1ccccc1)[C@]1(O)C(=O)N(CCc2ccccc2)c2ccc(Br)cc21. The number of anilines is 1. The minimum absolute atomic E-state index is 0.262. The normalized spacial score (nSPS) is 18.9. The summed E-state index contributed by atoms with van der Waals surface area (Å²) in [7, 11) is 0. The van der Waals surface area contributed by atoms with E-state index in [1.54, 1.807) is 42.2 Å². The molecule has 0 spiro atoms. The van der Waals surface area contributed by atoms with E-state index in [0.29, 0.717) is 29.8 Å². The average molecular weight is 464 g/mol. The van der Waals surface area contributed by atoms with E-state index in [0.717, 1.165) is 10.0 Å². The lowest BCUT2D eigenvalue weighted by Gasteiger charge is -2.28. The largest absolute Gasteiger partial charge is 0.375 e. The maximum Gasteiger partial charge on any atom is 0.264 e. The van der Waals surface area contributed by atoms with Crippen LogP contribution in [0.25, 0.3) is 0 Å². The molecule has 152 valence electrons. The number of aliphatic hydroxyl groups is 1. The number of benzene rings is 3. The Morgan fingerprint density at radius 2 is 1.67 bits per heavy atom. The molecule has 0 aliphatic carbocycles. The second kappa shape index (κ2) is 8.17. The highest BCUT2D eigenvalue weighted by Gasteiger charge is 2.55. The molecule has 1 N–H and O–H groups in total. The smallest absolute Gasteiger partial charge is 0.264 e. The van der Waals surface area contributed by atoms with Gasteiger partial charge < -0.3 is 10.0 Å². The average Bonchev–Trinajstić information content (AvgIpc) is 2.99. The molecule has 0 bridgehead atoms. The third-order valence-electron chi connectivity index (χ3n) is 5.78. The first-order chi connectivity index (χ1) is 14.4. The lowest BCUT2D eigenvalue weighted by atomic mass is 9.79. The van der Waals surface area contributed by atoms with Crippen molar-refractivity contribution in [3.8, 4) is 0 Å². The van der Waals surface area contributed by atoms with Gasteiger partial charge in [-0.05, 0) is 30.2 Å². The molecule has 0 saturated carbocycles. The summed E-state index contributed by atoms with van der Waals surface area (Å²) in [6.07, 6.45) is 0.652. The highest BCUT2D eigenvalue weighted by molar-refractivity contribution is 9.10. The molecule has 0 radical (unpaired) electrons. The van der Waals surface area contributed by atoms with E-state index >= 15 is 0 Å². The number of carbonyl (C=O) groups excluding carboxylic acids is 2. The summed E-state index contributed by atoms with van der Waals surface area (Å²) in [5, 5.41) is 11.7. The summed E-state index contributed by atoms with van der Waals surface area (Å²) in [6, 6.07) is 24.1. The van der Waals surface area contributed by atoms with Gasteiger partial charge in [0.25, 0.3) is 5.91 Å². The first-order valence-corrected chi connectivity index (χ1v) is 10.7. The first kappa shape index (κ1) is 20.5. The standard InChI is InChI=1S/C25H22BrNO3/c1-17(23(28)19-10-6-3-7-11-19)25(30)21-16-20(26)12-13-22(21)27(24(25)29)15-14-18-8-4-2-5-9-18/h2-13,16-17,30H,14-15H2,1H3/t17-,25-/m1/s1. The molecule has 1 heterocycles. The van der Waals surface area contributed by atoms with Crippen LogP contribution < -0.4 is 4.90 Å². The van der Waals surface area contributed by atoms with E-state index in [-0.39, 0.29) is 5.78 Å². The Bertz CT molecular complexity index is 1080.